The molecule has 8 heteroatoms. The zero-order chi connectivity index (χ0) is 22.9. The highest BCUT2D eigenvalue weighted by Gasteiger charge is 2.40. The second kappa shape index (κ2) is 11.4. The third kappa shape index (κ3) is 5.91. The van der Waals surface area contributed by atoms with Crippen LogP contribution in [0.2, 0.25) is 0 Å². The third-order valence-corrected chi connectivity index (χ3v) is 5.89. The Balaban J connectivity index is 2.04. The Hall–Kier alpha value is -3.26. The zero-order valence-electron chi connectivity index (χ0n) is 18.0. The van der Waals surface area contributed by atoms with Gasteiger partial charge in [-0.05, 0) is 31.5 Å². The van der Waals surface area contributed by atoms with E-state index in [9.17, 15) is 14.4 Å². The maximum absolute atomic E-state index is 12.8. The SMILES string of the molecule is CCOC(=O)C(C(=O)OCC)C1CC(Sc2ccccc2)=C(c2ccccc2)NC(=O)N1. The average Bonchev–Trinajstić information content (AvgIpc) is 2.94. The summed E-state index contributed by atoms with van der Waals surface area (Å²) in [6.45, 7) is 3.56. The predicted octanol–water partition coefficient (Wildman–Crippen LogP) is 3.96. The highest BCUT2D eigenvalue weighted by atomic mass is 32.2. The molecule has 168 valence electrons. The van der Waals surface area contributed by atoms with Crippen LogP contribution in [0.5, 0.6) is 0 Å². The molecule has 1 aliphatic heterocycles. The van der Waals surface area contributed by atoms with E-state index in [1.165, 1.54) is 11.8 Å². The first-order valence-corrected chi connectivity index (χ1v) is 11.3. The van der Waals surface area contributed by atoms with Gasteiger partial charge in [-0.2, -0.15) is 0 Å². The van der Waals surface area contributed by atoms with Crippen molar-refractivity contribution in [2.75, 3.05) is 13.2 Å². The Labute approximate surface area is 191 Å². The molecule has 7 nitrogen and oxygen atoms in total. The van der Waals surface area contributed by atoms with E-state index in [1.807, 2.05) is 60.7 Å². The lowest BCUT2D eigenvalue weighted by molar-refractivity contribution is -0.162. The number of nitrogens with one attached hydrogen (secondary N) is 2. The third-order valence-electron chi connectivity index (χ3n) is 4.77. The zero-order valence-corrected chi connectivity index (χ0v) is 18.8. The molecule has 2 N–H and O–H groups in total. The lowest BCUT2D eigenvalue weighted by atomic mass is 9.96. The van der Waals surface area contributed by atoms with Crippen LogP contribution in [0, 0.1) is 5.92 Å². The van der Waals surface area contributed by atoms with Gasteiger partial charge in [0.05, 0.1) is 25.0 Å². The normalized spacial score (nSPS) is 16.1. The second-order valence-corrected chi connectivity index (χ2v) is 8.14. The Bertz CT molecular complexity index is 960. The molecule has 0 fully saturated rings. The molecule has 0 aromatic heterocycles. The van der Waals surface area contributed by atoms with Crippen molar-refractivity contribution in [1.29, 1.82) is 0 Å². The summed E-state index contributed by atoms with van der Waals surface area (Å²) in [7, 11) is 0. The van der Waals surface area contributed by atoms with Crippen molar-refractivity contribution in [3.63, 3.8) is 0 Å². The molecule has 1 aliphatic rings. The van der Waals surface area contributed by atoms with Crippen molar-refractivity contribution in [2.45, 2.75) is 31.2 Å². The Morgan fingerprint density at radius 2 is 1.53 bits per heavy atom. The molecule has 32 heavy (non-hydrogen) atoms. The van der Waals surface area contributed by atoms with Gasteiger partial charge >= 0.3 is 18.0 Å². The number of urea groups is 1. The van der Waals surface area contributed by atoms with Crippen LogP contribution in [-0.2, 0) is 19.1 Å². The van der Waals surface area contributed by atoms with E-state index in [0.29, 0.717) is 5.70 Å². The van der Waals surface area contributed by atoms with Gasteiger partial charge in [0.2, 0.25) is 0 Å². The van der Waals surface area contributed by atoms with Crippen molar-refractivity contribution >= 4 is 35.4 Å². The maximum Gasteiger partial charge on any atom is 0.322 e. The molecule has 0 saturated carbocycles. The van der Waals surface area contributed by atoms with Gasteiger partial charge in [0.25, 0.3) is 0 Å². The number of thioether (sulfide) groups is 1. The van der Waals surface area contributed by atoms with Gasteiger partial charge in [0, 0.05) is 16.2 Å². The van der Waals surface area contributed by atoms with Crippen molar-refractivity contribution < 1.29 is 23.9 Å². The average molecular weight is 455 g/mol. The van der Waals surface area contributed by atoms with Crippen LogP contribution < -0.4 is 10.6 Å². The van der Waals surface area contributed by atoms with Crippen LogP contribution in [0.3, 0.4) is 0 Å². The molecular weight excluding hydrogens is 428 g/mol. The number of amides is 2. The number of rotatable bonds is 8. The number of hydrogen-bond acceptors (Lipinski definition) is 6. The molecule has 2 amide bonds. The molecule has 3 rings (SSSR count). The second-order valence-electron chi connectivity index (χ2n) is 6.97. The summed E-state index contributed by atoms with van der Waals surface area (Å²) >= 11 is 1.47. The van der Waals surface area contributed by atoms with E-state index in [2.05, 4.69) is 10.6 Å². The van der Waals surface area contributed by atoms with E-state index in [1.54, 1.807) is 13.8 Å². The topological polar surface area (TPSA) is 93.7 Å². The van der Waals surface area contributed by atoms with E-state index in [-0.39, 0.29) is 19.6 Å². The number of ether oxygens (including phenoxy) is 2. The van der Waals surface area contributed by atoms with Crippen LogP contribution in [-0.4, -0.2) is 37.2 Å². The van der Waals surface area contributed by atoms with Gasteiger partial charge in [0.15, 0.2) is 5.92 Å². The maximum atomic E-state index is 12.8. The molecule has 1 heterocycles. The first kappa shape index (κ1) is 23.4. The monoisotopic (exact) mass is 454 g/mol. The Morgan fingerprint density at radius 3 is 2.09 bits per heavy atom. The van der Waals surface area contributed by atoms with Crippen molar-refractivity contribution in [1.82, 2.24) is 10.6 Å². The number of benzene rings is 2. The first-order valence-electron chi connectivity index (χ1n) is 10.5. The number of esters is 2. The fourth-order valence-corrected chi connectivity index (χ4v) is 4.50. The molecular formula is C24H26N2O5S. The summed E-state index contributed by atoms with van der Waals surface area (Å²) in [6.07, 6.45) is 0.241. The number of hydrogen-bond donors (Lipinski definition) is 2. The molecule has 0 bridgehead atoms. The lowest BCUT2D eigenvalue weighted by Crippen LogP contribution is -2.49. The van der Waals surface area contributed by atoms with Crippen molar-refractivity contribution in [3.05, 3.63) is 71.1 Å². The summed E-state index contributed by atoms with van der Waals surface area (Å²) < 4.78 is 10.3. The summed E-state index contributed by atoms with van der Waals surface area (Å²) in [5, 5.41) is 5.66. The highest BCUT2D eigenvalue weighted by Crippen LogP contribution is 2.37. The Morgan fingerprint density at radius 1 is 0.969 bits per heavy atom. The first-order chi connectivity index (χ1) is 15.5. The summed E-state index contributed by atoms with van der Waals surface area (Å²) in [4.78, 5) is 39.9. The Kier molecular flexibility index (Phi) is 8.33. The minimum absolute atomic E-state index is 0.115. The van der Waals surface area contributed by atoms with E-state index < -0.39 is 29.9 Å². The number of carbonyl (C=O) groups excluding carboxylic acids is 3. The van der Waals surface area contributed by atoms with Crippen molar-refractivity contribution in [3.8, 4) is 0 Å². The summed E-state index contributed by atoms with van der Waals surface area (Å²) in [5.74, 6) is -2.71. The van der Waals surface area contributed by atoms with Crippen molar-refractivity contribution in [2.24, 2.45) is 5.92 Å². The van der Waals surface area contributed by atoms with Gasteiger partial charge in [-0.15, -0.1) is 0 Å². The fourth-order valence-electron chi connectivity index (χ4n) is 3.39. The molecule has 0 radical (unpaired) electrons. The van der Waals surface area contributed by atoms with Gasteiger partial charge in [-0.1, -0.05) is 60.3 Å². The van der Waals surface area contributed by atoms with E-state index >= 15 is 0 Å². The minimum atomic E-state index is -1.28. The molecule has 0 spiro atoms. The lowest BCUT2D eigenvalue weighted by Gasteiger charge is -2.24. The predicted molar refractivity (Wildman–Crippen MR) is 122 cm³/mol. The highest BCUT2D eigenvalue weighted by molar-refractivity contribution is 8.03. The molecule has 1 atom stereocenters. The van der Waals surface area contributed by atoms with Crippen LogP contribution in [0.25, 0.3) is 5.70 Å². The van der Waals surface area contributed by atoms with E-state index in [4.69, 9.17) is 9.47 Å². The van der Waals surface area contributed by atoms with Crippen LogP contribution in [0.1, 0.15) is 25.8 Å². The quantitative estimate of drug-likeness (QED) is 0.463. The van der Waals surface area contributed by atoms with Crippen LogP contribution in [0.4, 0.5) is 4.79 Å². The van der Waals surface area contributed by atoms with Gasteiger partial charge in [-0.25, -0.2) is 4.79 Å². The number of carbonyl (C=O) groups is 3. The van der Waals surface area contributed by atoms with Crippen LogP contribution in [0.15, 0.2) is 70.5 Å². The van der Waals surface area contributed by atoms with Gasteiger partial charge in [0.1, 0.15) is 0 Å². The molecule has 0 aliphatic carbocycles. The summed E-state index contributed by atoms with van der Waals surface area (Å²) in [5.41, 5.74) is 1.46. The van der Waals surface area contributed by atoms with Gasteiger partial charge < -0.3 is 20.1 Å². The molecule has 2 aromatic carbocycles. The van der Waals surface area contributed by atoms with Crippen LogP contribution >= 0.6 is 11.8 Å². The van der Waals surface area contributed by atoms with Gasteiger partial charge in [-0.3, -0.25) is 9.59 Å². The minimum Gasteiger partial charge on any atom is -0.465 e. The molecule has 0 saturated heterocycles. The summed E-state index contributed by atoms with van der Waals surface area (Å²) in [6, 6.07) is 17.8. The van der Waals surface area contributed by atoms with E-state index in [0.717, 1.165) is 15.4 Å². The largest absolute Gasteiger partial charge is 0.465 e. The molecule has 2 aromatic rings. The fraction of sp³-hybridized carbons (Fsp3) is 0.292. The standard InChI is InChI=1S/C24H26N2O5S/c1-3-30-22(27)20(23(28)31-4-2)18-15-19(32-17-13-9-6-10-14-17)21(26-24(29)25-18)16-11-7-5-8-12-16/h5-14,18,20H,3-4,15H2,1-2H3,(H2,25,26,29). The smallest absolute Gasteiger partial charge is 0.322 e. The molecule has 1 unspecified atom stereocenters.